The lowest BCUT2D eigenvalue weighted by Gasteiger charge is -2.27. The Kier molecular flexibility index (Phi) is 7.60. The van der Waals surface area contributed by atoms with E-state index in [9.17, 15) is 0 Å². The van der Waals surface area contributed by atoms with Gasteiger partial charge >= 0.3 is 0 Å². The summed E-state index contributed by atoms with van der Waals surface area (Å²) in [5, 5.41) is 13.1. The summed E-state index contributed by atoms with van der Waals surface area (Å²) >= 11 is 0. The fourth-order valence-electron chi connectivity index (χ4n) is 12.4. The molecule has 0 saturated heterocycles. The molecule has 0 aliphatic heterocycles. The van der Waals surface area contributed by atoms with Gasteiger partial charge in [0, 0.05) is 33.4 Å². The zero-order valence-electron chi connectivity index (χ0n) is 36.7. The number of rotatable bonds is 4. The Morgan fingerprint density at radius 3 is 1.22 bits per heavy atom. The zero-order valence-corrected chi connectivity index (χ0v) is 36.7. The molecule has 0 radical (unpaired) electrons. The summed E-state index contributed by atoms with van der Waals surface area (Å²) in [7, 11) is 0. The van der Waals surface area contributed by atoms with Crippen molar-refractivity contribution >= 4 is 70.4 Å². The number of benzene rings is 10. The van der Waals surface area contributed by atoms with Gasteiger partial charge in [-0.3, -0.25) is 0 Å². The predicted octanol–water partition coefficient (Wildman–Crippen LogP) is 16.8. The first kappa shape index (κ1) is 36.4. The molecule has 0 saturated carbocycles. The number of hydrogen-bond donors (Lipinski definition) is 0. The van der Waals surface area contributed by atoms with E-state index in [1.165, 1.54) is 148 Å². The van der Waals surface area contributed by atoms with Crippen LogP contribution in [0.5, 0.6) is 0 Å². The third kappa shape index (κ3) is 5.11. The summed E-state index contributed by atoms with van der Waals surface area (Å²) < 4.78 is 2.57. The summed E-state index contributed by atoms with van der Waals surface area (Å²) in [4.78, 5) is 0. The standard InChI is InChI=1S/C62H47N/c1-34-14-11-15-35(2)56(34)45-24-44-25-46(57-36(3)16-12-17-37(57)4)31-53-59(44)52(30-45)60(61(53)58-38(5)18-13-19-39(58)6)47-28-50-48-26-40-20-7-9-22-42(40)32-54(48)63-55-33-43-23-10-8-21-41(43)27-49(55)51(29-47)62(50)63/h7-33,60-61H,1-6H3. The van der Waals surface area contributed by atoms with Gasteiger partial charge in [-0.25, -0.2) is 0 Å². The molecular weight excluding hydrogens is 759 g/mol. The van der Waals surface area contributed by atoms with E-state index in [1.807, 2.05) is 0 Å². The maximum absolute atomic E-state index is 2.60. The van der Waals surface area contributed by atoms with Crippen molar-refractivity contribution in [2.24, 2.45) is 0 Å². The molecule has 300 valence electrons. The van der Waals surface area contributed by atoms with Gasteiger partial charge in [0.25, 0.3) is 0 Å². The van der Waals surface area contributed by atoms with Crippen molar-refractivity contribution < 1.29 is 0 Å². The van der Waals surface area contributed by atoms with Crippen LogP contribution in [0.1, 0.15) is 67.5 Å². The average Bonchev–Trinajstić information content (AvgIpc) is 3.89. The average molecular weight is 806 g/mol. The molecule has 13 rings (SSSR count). The fourth-order valence-corrected chi connectivity index (χ4v) is 12.4. The number of hydrogen-bond acceptors (Lipinski definition) is 0. The zero-order chi connectivity index (χ0) is 42.4. The van der Waals surface area contributed by atoms with E-state index in [2.05, 4.69) is 210 Å². The monoisotopic (exact) mass is 805 g/mol. The molecule has 1 nitrogen and oxygen atoms in total. The van der Waals surface area contributed by atoms with Gasteiger partial charge in [0.2, 0.25) is 0 Å². The summed E-state index contributed by atoms with van der Waals surface area (Å²) in [6.07, 6.45) is 0. The molecule has 63 heavy (non-hydrogen) atoms. The first-order chi connectivity index (χ1) is 30.7. The van der Waals surface area contributed by atoms with Crippen LogP contribution in [0.15, 0.2) is 164 Å². The lowest BCUT2D eigenvalue weighted by Crippen LogP contribution is -2.12. The van der Waals surface area contributed by atoms with Crippen molar-refractivity contribution in [3.05, 3.63) is 219 Å². The van der Waals surface area contributed by atoms with Crippen LogP contribution >= 0.6 is 0 Å². The van der Waals surface area contributed by atoms with Gasteiger partial charge < -0.3 is 4.40 Å². The first-order valence-corrected chi connectivity index (χ1v) is 22.6. The van der Waals surface area contributed by atoms with Crippen LogP contribution in [0.25, 0.3) is 92.7 Å². The smallest absolute Gasteiger partial charge is 0.0620 e. The summed E-state index contributed by atoms with van der Waals surface area (Å²) in [6, 6.07) is 63.2. The molecular formula is C62H47N. The van der Waals surface area contributed by atoms with E-state index in [0.717, 1.165) is 0 Å². The fraction of sp³-hybridized carbons (Fsp3) is 0.129. The topological polar surface area (TPSA) is 4.41 Å². The molecule has 0 fully saturated rings. The van der Waals surface area contributed by atoms with Crippen molar-refractivity contribution in [1.82, 2.24) is 4.40 Å². The molecule has 0 amide bonds. The molecule has 2 aromatic heterocycles. The highest BCUT2D eigenvalue weighted by Gasteiger charge is 2.40. The number of aromatic nitrogens is 1. The maximum Gasteiger partial charge on any atom is 0.0620 e. The summed E-state index contributed by atoms with van der Waals surface area (Å²) in [5.41, 5.74) is 22.8. The van der Waals surface area contributed by atoms with Crippen LogP contribution in [0.2, 0.25) is 0 Å². The minimum atomic E-state index is 0.0730. The van der Waals surface area contributed by atoms with E-state index in [1.54, 1.807) is 0 Å². The van der Waals surface area contributed by atoms with Crippen molar-refractivity contribution in [1.29, 1.82) is 0 Å². The largest absolute Gasteiger partial charge is 0.308 e. The molecule has 1 aliphatic rings. The SMILES string of the molecule is Cc1cccc(C)c1-c1cc2c3c(cc(-c4c(C)cccc4C)cc3c1)C(c1c(C)cccc1C)C2c1cc2c3cc4ccccc4cc3n3c4cc5ccccc5cc4c(c1)c23. The minimum Gasteiger partial charge on any atom is -0.308 e. The van der Waals surface area contributed by atoms with Crippen molar-refractivity contribution in [3.8, 4) is 22.3 Å². The number of aryl methyl sites for hydroxylation is 6. The van der Waals surface area contributed by atoms with E-state index < -0.39 is 0 Å². The highest BCUT2D eigenvalue weighted by atomic mass is 14.9. The van der Waals surface area contributed by atoms with Crippen LogP contribution in [-0.2, 0) is 0 Å². The normalized spacial score (nSPS) is 15.1. The highest BCUT2D eigenvalue weighted by Crippen LogP contribution is 2.57. The third-order valence-electron chi connectivity index (χ3n) is 15.0. The molecule has 10 aromatic carbocycles. The lowest BCUT2D eigenvalue weighted by atomic mass is 9.76. The van der Waals surface area contributed by atoms with Gasteiger partial charge in [0.1, 0.15) is 0 Å². The Bertz CT molecular complexity index is 3740. The predicted molar refractivity (Wildman–Crippen MR) is 269 cm³/mol. The quantitative estimate of drug-likeness (QED) is 0.167. The lowest BCUT2D eigenvalue weighted by molar-refractivity contribution is 0.721. The van der Waals surface area contributed by atoms with Crippen molar-refractivity contribution in [3.63, 3.8) is 0 Å². The highest BCUT2D eigenvalue weighted by molar-refractivity contribution is 6.26. The maximum atomic E-state index is 2.60. The number of nitrogens with zero attached hydrogens (tertiary/aromatic N) is 1. The Hall–Kier alpha value is -7.22. The molecule has 2 atom stereocenters. The molecule has 0 N–H and O–H groups in total. The van der Waals surface area contributed by atoms with Crippen molar-refractivity contribution in [2.75, 3.05) is 0 Å². The van der Waals surface area contributed by atoms with Crippen LogP contribution in [0.3, 0.4) is 0 Å². The Labute approximate surface area is 368 Å². The third-order valence-corrected chi connectivity index (χ3v) is 15.0. The second-order valence-corrected chi connectivity index (χ2v) is 18.8. The second-order valence-electron chi connectivity index (χ2n) is 18.8. The Morgan fingerprint density at radius 2 is 0.762 bits per heavy atom. The summed E-state index contributed by atoms with van der Waals surface area (Å²) in [5.74, 6) is 0.182. The Balaban J connectivity index is 1.20. The van der Waals surface area contributed by atoms with E-state index >= 15 is 0 Å². The molecule has 2 unspecified atom stereocenters. The Morgan fingerprint density at radius 1 is 0.349 bits per heavy atom. The molecule has 2 heterocycles. The van der Waals surface area contributed by atoms with Crippen LogP contribution in [-0.4, -0.2) is 4.40 Å². The van der Waals surface area contributed by atoms with E-state index in [-0.39, 0.29) is 11.8 Å². The first-order valence-electron chi connectivity index (χ1n) is 22.6. The van der Waals surface area contributed by atoms with Crippen LogP contribution in [0.4, 0.5) is 0 Å². The minimum absolute atomic E-state index is 0.0730. The number of fused-ring (bicyclic) bond motifs is 8. The molecule has 0 bridgehead atoms. The van der Waals surface area contributed by atoms with Gasteiger partial charge in [0.15, 0.2) is 0 Å². The molecule has 12 aromatic rings. The van der Waals surface area contributed by atoms with Gasteiger partial charge in [-0.05, 0) is 212 Å². The van der Waals surface area contributed by atoms with Crippen LogP contribution < -0.4 is 0 Å². The van der Waals surface area contributed by atoms with E-state index in [4.69, 9.17) is 0 Å². The molecule has 1 heteroatoms. The van der Waals surface area contributed by atoms with Crippen LogP contribution in [0, 0.1) is 41.5 Å². The summed E-state index contributed by atoms with van der Waals surface area (Å²) in [6.45, 7) is 13.8. The van der Waals surface area contributed by atoms with Gasteiger partial charge in [0.05, 0.1) is 16.6 Å². The van der Waals surface area contributed by atoms with Gasteiger partial charge in [-0.2, -0.15) is 0 Å². The second kappa shape index (κ2) is 13.1. The molecule has 0 spiro atoms. The van der Waals surface area contributed by atoms with Gasteiger partial charge in [-0.1, -0.05) is 103 Å². The van der Waals surface area contributed by atoms with Gasteiger partial charge in [-0.15, -0.1) is 0 Å². The van der Waals surface area contributed by atoms with E-state index in [0.29, 0.717) is 0 Å². The van der Waals surface area contributed by atoms with Crippen molar-refractivity contribution in [2.45, 2.75) is 53.4 Å². The molecule has 1 aliphatic carbocycles.